The van der Waals surface area contributed by atoms with Gasteiger partial charge >= 0.3 is 5.97 Å². The molecule has 26 heavy (non-hydrogen) atoms. The van der Waals surface area contributed by atoms with Crippen molar-refractivity contribution in [2.45, 2.75) is 38.4 Å². The van der Waals surface area contributed by atoms with Crippen LogP contribution in [0.25, 0.3) is 0 Å². The van der Waals surface area contributed by atoms with Crippen LogP contribution in [0.15, 0.2) is 30.3 Å². The number of hydrogen-bond donors (Lipinski definition) is 4. The van der Waals surface area contributed by atoms with Crippen LogP contribution in [0.5, 0.6) is 0 Å². The second-order valence-electron chi connectivity index (χ2n) is 6.31. The van der Waals surface area contributed by atoms with Gasteiger partial charge in [0.15, 0.2) is 0 Å². The summed E-state index contributed by atoms with van der Waals surface area (Å²) in [6, 6.07) is 7.27. The van der Waals surface area contributed by atoms with E-state index in [1.54, 1.807) is 25.6 Å². The Morgan fingerprint density at radius 1 is 1.19 bits per heavy atom. The topological polar surface area (TPSA) is 122 Å². The number of nitrogens with one attached hydrogen (secondary N) is 2. The third-order valence-electron chi connectivity index (χ3n) is 3.79. The molecule has 0 aliphatic carbocycles. The highest BCUT2D eigenvalue weighted by Gasteiger charge is 2.28. The maximum absolute atomic E-state index is 12.8. The molecule has 0 unspecified atom stereocenters. The number of carboxylic acids is 1. The molecule has 1 aromatic rings. The molecule has 2 amide bonds. The van der Waals surface area contributed by atoms with Crippen molar-refractivity contribution in [3.8, 4) is 0 Å². The number of nitrogens with two attached hydrogens (primary N) is 1. The highest BCUT2D eigenvalue weighted by Crippen LogP contribution is 2.17. The summed E-state index contributed by atoms with van der Waals surface area (Å²) >= 11 is 1.59. The van der Waals surface area contributed by atoms with Crippen LogP contribution >= 0.6 is 11.8 Å². The molecule has 0 aromatic heterocycles. The van der Waals surface area contributed by atoms with Gasteiger partial charge in [0.05, 0.1) is 18.5 Å². The third-order valence-corrected chi connectivity index (χ3v) is 4.46. The van der Waals surface area contributed by atoms with Gasteiger partial charge in [0.1, 0.15) is 7.45 Å². The second kappa shape index (κ2) is 10.8. The number of aliphatic carboxylic acids is 1. The number of rotatable bonds is 11. The lowest BCUT2D eigenvalue weighted by molar-refractivity contribution is -0.139. The Morgan fingerprint density at radius 3 is 2.35 bits per heavy atom. The van der Waals surface area contributed by atoms with E-state index in [-0.39, 0.29) is 17.9 Å². The first-order chi connectivity index (χ1) is 12.8. The molecule has 0 aliphatic rings. The molecule has 5 N–H and O–H groups in total. The molecule has 0 heterocycles. The zero-order valence-corrected chi connectivity index (χ0v) is 16.0. The number of carbonyl (C=O) groups excluding carboxylic acids is 2. The van der Waals surface area contributed by atoms with Crippen molar-refractivity contribution in [2.75, 3.05) is 12.0 Å². The van der Waals surface area contributed by atoms with E-state index in [4.69, 9.17) is 6.52 Å². The van der Waals surface area contributed by atoms with Crippen LogP contribution in [-0.2, 0) is 14.4 Å². The number of carboxylic acid groups (broad SMARTS) is 1. The molecule has 144 valence electrons. The van der Waals surface area contributed by atoms with Crippen LogP contribution in [0.1, 0.15) is 31.9 Å². The van der Waals surface area contributed by atoms with Gasteiger partial charge in [0, 0.05) is 5.75 Å². The molecule has 0 aliphatic heterocycles. The van der Waals surface area contributed by atoms with E-state index < -0.39 is 30.4 Å². The fourth-order valence-electron chi connectivity index (χ4n) is 2.39. The van der Waals surface area contributed by atoms with Gasteiger partial charge in [-0.25, -0.2) is 0 Å². The third kappa shape index (κ3) is 7.05. The molecule has 1 aromatic carbocycles. The summed E-state index contributed by atoms with van der Waals surface area (Å²) in [5, 5.41) is 14.4. The van der Waals surface area contributed by atoms with Crippen LogP contribution in [0.4, 0.5) is 0 Å². The van der Waals surface area contributed by atoms with Crippen LogP contribution in [-0.4, -0.2) is 47.0 Å². The molecule has 0 saturated carbocycles. The minimum atomic E-state index is -1.23. The molecule has 3 atom stereocenters. The average Bonchev–Trinajstić information content (AvgIpc) is 2.63. The Bertz CT molecular complexity index is 630. The van der Waals surface area contributed by atoms with Crippen molar-refractivity contribution < 1.29 is 20.9 Å². The van der Waals surface area contributed by atoms with Crippen LogP contribution in [0, 0.1) is 5.92 Å². The molecule has 7 nitrogen and oxygen atoms in total. The second-order valence-corrected chi connectivity index (χ2v) is 7.22. The van der Waals surface area contributed by atoms with Crippen LogP contribution < -0.4 is 16.4 Å². The van der Waals surface area contributed by atoms with Crippen molar-refractivity contribution >= 4 is 29.5 Å². The molecule has 8 heteroatoms. The SMILES string of the molecule is [2H]N[C@@H](CC(=O)O)C(=O)N[C@H](C(=O)N[C@@H](CSC)c1ccccc1)C(C)C. The Hall–Kier alpha value is -2.06. The maximum atomic E-state index is 12.8. The van der Waals surface area contributed by atoms with E-state index in [0.29, 0.717) is 5.75 Å². The van der Waals surface area contributed by atoms with E-state index in [9.17, 15) is 14.4 Å². The lowest BCUT2D eigenvalue weighted by Gasteiger charge is -2.26. The first kappa shape index (κ1) is 20.3. The van der Waals surface area contributed by atoms with Gasteiger partial charge in [0.25, 0.3) is 0 Å². The summed E-state index contributed by atoms with van der Waals surface area (Å²) in [5.41, 5.74) is 2.89. The molecular weight excluding hydrogens is 354 g/mol. The monoisotopic (exact) mass is 382 g/mol. The first-order valence-corrected chi connectivity index (χ1v) is 9.73. The molecule has 0 bridgehead atoms. The Balaban J connectivity index is 2.87. The summed E-state index contributed by atoms with van der Waals surface area (Å²) in [6.07, 6.45) is 1.40. The van der Waals surface area contributed by atoms with Crippen LogP contribution in [0.2, 0.25) is 1.41 Å². The van der Waals surface area contributed by atoms with Crippen molar-refractivity contribution in [3.63, 3.8) is 0 Å². The smallest absolute Gasteiger partial charge is 0.305 e. The lowest BCUT2D eigenvalue weighted by atomic mass is 10.0. The highest BCUT2D eigenvalue weighted by molar-refractivity contribution is 7.98. The van der Waals surface area contributed by atoms with E-state index in [2.05, 4.69) is 10.6 Å². The van der Waals surface area contributed by atoms with E-state index in [0.717, 1.165) is 5.56 Å². The van der Waals surface area contributed by atoms with E-state index >= 15 is 0 Å². The molecule has 0 spiro atoms. The normalized spacial score (nSPS) is 14.8. The van der Waals surface area contributed by atoms with Crippen molar-refractivity contribution in [1.29, 1.82) is 0 Å². The fourth-order valence-corrected chi connectivity index (χ4v) is 3.00. The fraction of sp³-hybridized carbons (Fsp3) is 0.500. The summed E-state index contributed by atoms with van der Waals surface area (Å²) < 4.78 is 7.15. The number of amides is 2. The first-order valence-electron chi connectivity index (χ1n) is 8.83. The average molecular weight is 383 g/mol. The largest absolute Gasteiger partial charge is 0.481 e. The summed E-state index contributed by atoms with van der Waals surface area (Å²) in [7, 11) is 0. The van der Waals surface area contributed by atoms with Gasteiger partial charge in [-0.15, -0.1) is 0 Å². The standard InChI is InChI=1S/C18H27N3O4S/c1-11(2)16(21-17(24)13(19)9-15(22)23)18(25)20-14(10-26-3)12-7-5-4-6-8-12/h4-8,11,13-14,16H,9-10,19H2,1-3H3,(H,20,25)(H,21,24)(H,22,23)/t13-,14-,16-/m0/s1/i/hD. The zero-order valence-electron chi connectivity index (χ0n) is 16.2. The molecule has 1 rings (SSSR count). The van der Waals surface area contributed by atoms with Gasteiger partial charge < -0.3 is 21.5 Å². The van der Waals surface area contributed by atoms with Gasteiger partial charge in [-0.2, -0.15) is 11.8 Å². The number of hydrogen-bond acceptors (Lipinski definition) is 5. The van der Waals surface area contributed by atoms with Gasteiger partial charge in [0.2, 0.25) is 11.8 Å². The Labute approximate surface area is 159 Å². The Kier molecular flexibility index (Phi) is 8.43. The molecule has 0 saturated heterocycles. The quantitative estimate of drug-likeness (QED) is 0.455. The molecular formula is C18H27N3O4S. The minimum absolute atomic E-state index is 0.212. The van der Waals surface area contributed by atoms with E-state index in [1.165, 1.54) is 0 Å². The molecule has 0 fully saturated rings. The summed E-state index contributed by atoms with van der Waals surface area (Å²) in [5.74, 6) is -1.78. The molecule has 0 radical (unpaired) electrons. The maximum Gasteiger partial charge on any atom is 0.305 e. The van der Waals surface area contributed by atoms with Crippen molar-refractivity contribution in [3.05, 3.63) is 35.9 Å². The predicted molar refractivity (Wildman–Crippen MR) is 103 cm³/mol. The predicted octanol–water partition coefficient (Wildman–Crippen LogP) is 1.15. The van der Waals surface area contributed by atoms with Crippen molar-refractivity contribution in [2.24, 2.45) is 11.6 Å². The lowest BCUT2D eigenvalue weighted by Crippen LogP contribution is -2.54. The van der Waals surface area contributed by atoms with Crippen molar-refractivity contribution in [1.82, 2.24) is 10.6 Å². The minimum Gasteiger partial charge on any atom is -0.481 e. The van der Waals surface area contributed by atoms with Gasteiger partial charge in [-0.05, 0) is 17.7 Å². The zero-order chi connectivity index (χ0) is 20.4. The number of thioether (sulfide) groups is 1. The summed E-state index contributed by atoms with van der Waals surface area (Å²) in [4.78, 5) is 35.9. The Morgan fingerprint density at radius 2 is 1.85 bits per heavy atom. The van der Waals surface area contributed by atoms with Gasteiger partial charge in [-0.3, -0.25) is 14.4 Å². The van der Waals surface area contributed by atoms with Crippen LogP contribution in [0.3, 0.4) is 0 Å². The van der Waals surface area contributed by atoms with E-state index in [1.807, 2.05) is 42.3 Å². The van der Waals surface area contributed by atoms with Gasteiger partial charge in [-0.1, -0.05) is 44.2 Å². The highest BCUT2D eigenvalue weighted by atomic mass is 32.2. The number of benzene rings is 1. The number of carbonyl (C=O) groups is 3. The summed E-state index contributed by atoms with van der Waals surface area (Å²) in [6.45, 7) is 3.58.